The average Bonchev–Trinajstić information content (AvgIpc) is 2.85. The van der Waals surface area contributed by atoms with Gasteiger partial charge in [-0.3, -0.25) is 9.59 Å². The van der Waals surface area contributed by atoms with E-state index in [9.17, 15) is 19.5 Å². The fraction of sp³-hybridized carbons (Fsp3) is 0.750. The molecule has 0 aromatic carbocycles. The largest absolute Gasteiger partial charge is 0.481 e. The summed E-state index contributed by atoms with van der Waals surface area (Å²) in [6, 6.07) is -0.444. The maximum atomic E-state index is 11.5. The summed E-state index contributed by atoms with van der Waals surface area (Å²) in [5.74, 6) is -1.43. The summed E-state index contributed by atoms with van der Waals surface area (Å²) in [7, 11) is 0. The summed E-state index contributed by atoms with van der Waals surface area (Å²) in [6.45, 7) is 0.321. The zero-order valence-electron chi connectivity index (χ0n) is 11.3. The van der Waals surface area contributed by atoms with E-state index in [2.05, 4.69) is 10.6 Å². The highest BCUT2D eigenvalue weighted by atomic mass is 16.5. The minimum atomic E-state index is -0.861. The lowest BCUT2D eigenvalue weighted by molar-refractivity contribution is -0.148. The molecule has 114 valence electrons. The summed E-state index contributed by atoms with van der Waals surface area (Å²) < 4.78 is 4.87. The number of nitrogens with two attached hydrogens (primary N) is 1. The van der Waals surface area contributed by atoms with Crippen molar-refractivity contribution in [2.24, 2.45) is 11.1 Å². The Morgan fingerprint density at radius 2 is 1.85 bits per heavy atom. The van der Waals surface area contributed by atoms with Crippen LogP contribution < -0.4 is 16.4 Å². The molecule has 0 unspecified atom stereocenters. The van der Waals surface area contributed by atoms with Crippen molar-refractivity contribution >= 4 is 17.9 Å². The second-order valence-corrected chi connectivity index (χ2v) is 4.92. The molecule has 0 radical (unpaired) electrons. The predicted molar refractivity (Wildman–Crippen MR) is 70.0 cm³/mol. The standard InChI is InChI=1S/C12H21N3O5/c13-9(16)7-20-6-5-14-11(19)15-8-12(10(17)18)3-1-2-4-12/h1-8H2,(H2,13,16)(H,17,18)(H2,14,15,19). The van der Waals surface area contributed by atoms with E-state index in [-0.39, 0.29) is 26.3 Å². The van der Waals surface area contributed by atoms with E-state index in [0.29, 0.717) is 12.8 Å². The van der Waals surface area contributed by atoms with Gasteiger partial charge in [0, 0.05) is 13.1 Å². The maximum Gasteiger partial charge on any atom is 0.314 e. The topological polar surface area (TPSA) is 131 Å². The Hall–Kier alpha value is -1.83. The number of urea groups is 1. The SMILES string of the molecule is NC(=O)COCCNC(=O)NCC1(C(=O)O)CCCC1. The second-order valence-electron chi connectivity index (χ2n) is 4.92. The van der Waals surface area contributed by atoms with E-state index in [1.54, 1.807) is 0 Å². The van der Waals surface area contributed by atoms with Crippen LogP contribution in [0.1, 0.15) is 25.7 Å². The highest BCUT2D eigenvalue weighted by molar-refractivity contribution is 5.78. The molecule has 1 fully saturated rings. The van der Waals surface area contributed by atoms with Gasteiger partial charge in [0.15, 0.2) is 0 Å². The number of primary amides is 1. The van der Waals surface area contributed by atoms with Crippen LogP contribution in [0.25, 0.3) is 0 Å². The van der Waals surface area contributed by atoms with E-state index >= 15 is 0 Å². The van der Waals surface area contributed by atoms with Gasteiger partial charge in [-0.25, -0.2) is 4.79 Å². The van der Waals surface area contributed by atoms with Gasteiger partial charge in [0.1, 0.15) is 6.61 Å². The molecule has 3 amide bonds. The van der Waals surface area contributed by atoms with Gasteiger partial charge < -0.3 is 26.2 Å². The first-order valence-corrected chi connectivity index (χ1v) is 6.57. The van der Waals surface area contributed by atoms with Crippen LogP contribution in [0.15, 0.2) is 0 Å². The summed E-state index contributed by atoms with van der Waals surface area (Å²) in [6.07, 6.45) is 2.92. The van der Waals surface area contributed by atoms with Crippen molar-refractivity contribution < 1.29 is 24.2 Å². The zero-order valence-corrected chi connectivity index (χ0v) is 11.3. The number of aliphatic carboxylic acids is 1. The third-order valence-electron chi connectivity index (χ3n) is 3.38. The molecule has 0 heterocycles. The molecule has 1 saturated carbocycles. The van der Waals surface area contributed by atoms with E-state index in [0.717, 1.165) is 12.8 Å². The first-order chi connectivity index (χ1) is 9.46. The fourth-order valence-electron chi connectivity index (χ4n) is 2.24. The molecular formula is C12H21N3O5. The van der Waals surface area contributed by atoms with Crippen molar-refractivity contribution in [2.75, 3.05) is 26.3 Å². The zero-order chi connectivity index (χ0) is 15.0. The normalized spacial score (nSPS) is 16.6. The lowest BCUT2D eigenvalue weighted by Crippen LogP contribution is -2.45. The summed E-state index contributed by atoms with van der Waals surface area (Å²) >= 11 is 0. The number of hydrogen-bond acceptors (Lipinski definition) is 4. The molecule has 1 rings (SSSR count). The van der Waals surface area contributed by atoms with Crippen LogP contribution in [-0.4, -0.2) is 49.3 Å². The molecular weight excluding hydrogens is 266 g/mol. The number of carboxylic acids is 1. The molecule has 1 aliphatic rings. The van der Waals surface area contributed by atoms with Crippen molar-refractivity contribution in [1.82, 2.24) is 10.6 Å². The van der Waals surface area contributed by atoms with Crippen molar-refractivity contribution in [3.63, 3.8) is 0 Å². The van der Waals surface area contributed by atoms with E-state index in [1.165, 1.54) is 0 Å². The molecule has 0 aromatic heterocycles. The van der Waals surface area contributed by atoms with Crippen LogP contribution in [0.3, 0.4) is 0 Å². The van der Waals surface area contributed by atoms with Gasteiger partial charge in [-0.2, -0.15) is 0 Å². The number of carbonyl (C=O) groups excluding carboxylic acids is 2. The monoisotopic (exact) mass is 287 g/mol. The molecule has 0 aromatic rings. The first kappa shape index (κ1) is 16.2. The van der Waals surface area contributed by atoms with Crippen LogP contribution in [-0.2, 0) is 14.3 Å². The average molecular weight is 287 g/mol. The summed E-state index contributed by atoms with van der Waals surface area (Å²) in [4.78, 5) is 33.1. The smallest absolute Gasteiger partial charge is 0.314 e. The van der Waals surface area contributed by atoms with Crippen molar-refractivity contribution in [3.8, 4) is 0 Å². The van der Waals surface area contributed by atoms with Crippen molar-refractivity contribution in [3.05, 3.63) is 0 Å². The Labute approximate surface area is 117 Å². The number of hydrogen-bond donors (Lipinski definition) is 4. The maximum absolute atomic E-state index is 11.5. The molecule has 8 heteroatoms. The van der Waals surface area contributed by atoms with Crippen LogP contribution in [0.4, 0.5) is 4.79 Å². The molecule has 1 aliphatic carbocycles. The fourth-order valence-corrected chi connectivity index (χ4v) is 2.24. The molecule has 20 heavy (non-hydrogen) atoms. The van der Waals surface area contributed by atoms with E-state index in [1.807, 2.05) is 0 Å². The van der Waals surface area contributed by atoms with E-state index < -0.39 is 23.3 Å². The third-order valence-corrected chi connectivity index (χ3v) is 3.38. The van der Waals surface area contributed by atoms with Gasteiger partial charge in [-0.05, 0) is 12.8 Å². The van der Waals surface area contributed by atoms with Crippen LogP contribution >= 0.6 is 0 Å². The number of nitrogens with one attached hydrogen (secondary N) is 2. The number of carbonyl (C=O) groups is 3. The molecule has 0 saturated heterocycles. The predicted octanol–water partition coefficient (Wildman–Crippen LogP) is -0.567. The van der Waals surface area contributed by atoms with Crippen LogP contribution in [0, 0.1) is 5.41 Å². The van der Waals surface area contributed by atoms with Gasteiger partial charge in [-0.1, -0.05) is 12.8 Å². The number of amides is 3. The van der Waals surface area contributed by atoms with Gasteiger partial charge >= 0.3 is 12.0 Å². The Morgan fingerprint density at radius 3 is 2.40 bits per heavy atom. The molecule has 0 bridgehead atoms. The number of ether oxygens (including phenoxy) is 1. The van der Waals surface area contributed by atoms with Crippen LogP contribution in [0.2, 0.25) is 0 Å². The summed E-state index contributed by atoms with van der Waals surface area (Å²) in [5.41, 5.74) is 4.04. The van der Waals surface area contributed by atoms with Gasteiger partial charge in [0.2, 0.25) is 5.91 Å². The quantitative estimate of drug-likeness (QED) is 0.444. The van der Waals surface area contributed by atoms with Crippen molar-refractivity contribution in [1.29, 1.82) is 0 Å². The second kappa shape index (κ2) is 7.68. The Kier molecular flexibility index (Phi) is 6.23. The highest BCUT2D eigenvalue weighted by Gasteiger charge is 2.41. The molecule has 0 aliphatic heterocycles. The van der Waals surface area contributed by atoms with Gasteiger partial charge in [-0.15, -0.1) is 0 Å². The molecule has 0 atom stereocenters. The minimum absolute atomic E-state index is 0.121. The lowest BCUT2D eigenvalue weighted by Gasteiger charge is -2.23. The van der Waals surface area contributed by atoms with Gasteiger partial charge in [0.05, 0.1) is 12.0 Å². The lowest BCUT2D eigenvalue weighted by atomic mass is 9.86. The molecule has 0 spiro atoms. The highest BCUT2D eigenvalue weighted by Crippen LogP contribution is 2.37. The van der Waals surface area contributed by atoms with Crippen molar-refractivity contribution in [2.45, 2.75) is 25.7 Å². The summed E-state index contributed by atoms with van der Waals surface area (Å²) in [5, 5.41) is 14.3. The molecule has 5 N–H and O–H groups in total. The third kappa shape index (κ3) is 5.04. The molecule has 8 nitrogen and oxygen atoms in total. The first-order valence-electron chi connectivity index (χ1n) is 6.57. The number of rotatable bonds is 8. The van der Waals surface area contributed by atoms with Crippen LogP contribution in [0.5, 0.6) is 0 Å². The van der Waals surface area contributed by atoms with E-state index in [4.69, 9.17) is 10.5 Å². The minimum Gasteiger partial charge on any atom is -0.481 e. The Morgan fingerprint density at radius 1 is 1.20 bits per heavy atom. The van der Waals surface area contributed by atoms with Gasteiger partial charge in [0.25, 0.3) is 0 Å². The Bertz CT molecular complexity index is 366. The Balaban J connectivity index is 2.19. The number of carboxylic acid groups (broad SMARTS) is 1.